The summed E-state index contributed by atoms with van der Waals surface area (Å²) in [7, 11) is 0. The van der Waals surface area contributed by atoms with Crippen LogP contribution in [0.25, 0.3) is 17.5 Å². The normalized spacial score (nSPS) is 13.6. The molecule has 1 aromatic heterocycles. The number of rotatable bonds is 2. The molecule has 0 fully saturated rings. The Kier molecular flexibility index (Phi) is 3.63. The number of hydrogen-bond acceptors (Lipinski definition) is 0. The topological polar surface area (TPSA) is 4.93 Å². The van der Waals surface area contributed by atoms with Gasteiger partial charge in [-0.15, -0.1) is 0 Å². The fourth-order valence-electron chi connectivity index (χ4n) is 3.46. The van der Waals surface area contributed by atoms with E-state index in [0.29, 0.717) is 0 Å². The van der Waals surface area contributed by atoms with Gasteiger partial charge in [0.1, 0.15) is 0 Å². The maximum atomic E-state index is 3.93. The monoisotopic (exact) mass is 299 g/mol. The number of hydrogen-bond donors (Lipinski definition) is 0. The van der Waals surface area contributed by atoms with Crippen LogP contribution in [0.4, 0.5) is 0 Å². The Labute approximate surface area is 137 Å². The maximum Gasteiger partial charge on any atom is 0.0524 e. The fraction of sp³-hybridized carbons (Fsp3) is 0.182. The van der Waals surface area contributed by atoms with E-state index in [1.54, 1.807) is 0 Å². The van der Waals surface area contributed by atoms with Crippen LogP contribution in [0.3, 0.4) is 0 Å². The van der Waals surface area contributed by atoms with Crippen molar-refractivity contribution < 1.29 is 0 Å². The minimum absolute atomic E-state index is 1.07. The van der Waals surface area contributed by atoms with Gasteiger partial charge in [-0.2, -0.15) is 0 Å². The molecule has 0 saturated heterocycles. The molecule has 114 valence electrons. The molecular weight excluding hydrogens is 278 g/mol. The van der Waals surface area contributed by atoms with Gasteiger partial charge in [-0.3, -0.25) is 0 Å². The first-order chi connectivity index (χ1) is 11.3. The quantitative estimate of drug-likeness (QED) is 0.617. The summed E-state index contributed by atoms with van der Waals surface area (Å²) in [6, 6.07) is 20.4. The van der Waals surface area contributed by atoms with Crippen molar-refractivity contribution in [3.8, 4) is 11.3 Å². The van der Waals surface area contributed by atoms with E-state index in [2.05, 4.69) is 71.9 Å². The highest BCUT2D eigenvalue weighted by molar-refractivity contribution is 5.67. The number of nitrogens with zero attached hydrogens (tertiary/aromatic N) is 1. The van der Waals surface area contributed by atoms with Crippen molar-refractivity contribution in [3.63, 3.8) is 0 Å². The van der Waals surface area contributed by atoms with Gasteiger partial charge in [-0.25, -0.2) is 0 Å². The summed E-state index contributed by atoms with van der Waals surface area (Å²) < 4.78 is 2.11. The van der Waals surface area contributed by atoms with Crippen LogP contribution in [0.15, 0.2) is 67.4 Å². The standard InChI is InChI=1S/C22H21N/c1-2-23-15-3-4-22(23)21-16-19-10-9-17-5-7-18(8-6-17)11-13-20(21)14-12-19/h2-8,12,14-16H,1,9-11,13H2. The molecule has 0 unspecified atom stereocenters. The highest BCUT2D eigenvalue weighted by Gasteiger charge is 2.11. The zero-order valence-corrected chi connectivity index (χ0v) is 13.3. The minimum Gasteiger partial charge on any atom is -0.324 e. The molecule has 1 nitrogen and oxygen atoms in total. The van der Waals surface area contributed by atoms with Crippen LogP contribution in [0.2, 0.25) is 0 Å². The third-order valence-corrected chi connectivity index (χ3v) is 4.83. The van der Waals surface area contributed by atoms with Crippen molar-refractivity contribution in [3.05, 3.63) is 89.6 Å². The molecule has 23 heavy (non-hydrogen) atoms. The number of aromatic nitrogens is 1. The average molecular weight is 299 g/mol. The lowest BCUT2D eigenvalue weighted by atomic mass is 9.92. The second-order valence-electron chi connectivity index (χ2n) is 6.29. The molecule has 0 radical (unpaired) electrons. The van der Waals surface area contributed by atoms with Crippen LogP contribution in [-0.4, -0.2) is 4.57 Å². The van der Waals surface area contributed by atoms with E-state index in [9.17, 15) is 0 Å². The average Bonchev–Trinajstić information content (AvgIpc) is 3.06. The summed E-state index contributed by atoms with van der Waals surface area (Å²) in [4.78, 5) is 0. The van der Waals surface area contributed by atoms with Gasteiger partial charge in [0.2, 0.25) is 0 Å². The molecule has 0 spiro atoms. The summed E-state index contributed by atoms with van der Waals surface area (Å²) in [5.74, 6) is 0. The molecule has 0 N–H and O–H groups in total. The van der Waals surface area contributed by atoms with Gasteiger partial charge in [0, 0.05) is 18.0 Å². The molecule has 3 aromatic rings. The van der Waals surface area contributed by atoms with Crippen LogP contribution in [-0.2, 0) is 25.7 Å². The van der Waals surface area contributed by atoms with E-state index in [1.807, 2.05) is 6.20 Å². The SMILES string of the molecule is C=Cn1cccc1-c1cc2ccc1CCc1ccc(cc1)CC2. The lowest BCUT2D eigenvalue weighted by molar-refractivity contribution is 0.921. The predicted octanol–water partition coefficient (Wildman–Crippen LogP) is 5.14. The summed E-state index contributed by atoms with van der Waals surface area (Å²) >= 11 is 0. The van der Waals surface area contributed by atoms with Crippen LogP contribution < -0.4 is 0 Å². The Balaban J connectivity index is 1.81. The molecule has 0 amide bonds. The highest BCUT2D eigenvalue weighted by atomic mass is 14.9. The van der Waals surface area contributed by atoms with Gasteiger partial charge in [-0.05, 0) is 66.1 Å². The zero-order chi connectivity index (χ0) is 15.6. The lowest BCUT2D eigenvalue weighted by Gasteiger charge is -2.15. The lowest BCUT2D eigenvalue weighted by Crippen LogP contribution is -2.01. The number of aryl methyl sites for hydroxylation is 4. The molecule has 4 aliphatic rings. The molecular formula is C22H21N. The molecule has 0 aliphatic heterocycles. The van der Waals surface area contributed by atoms with Crippen molar-refractivity contribution in [2.75, 3.05) is 0 Å². The van der Waals surface area contributed by atoms with Crippen LogP contribution in [0.1, 0.15) is 22.3 Å². The van der Waals surface area contributed by atoms with E-state index in [1.165, 1.54) is 33.5 Å². The first kappa shape index (κ1) is 14.1. The molecule has 1 heteroatoms. The molecule has 2 aromatic carbocycles. The summed E-state index contributed by atoms with van der Waals surface area (Å²) in [5, 5.41) is 0. The van der Waals surface area contributed by atoms with Crippen molar-refractivity contribution >= 4 is 6.20 Å². The first-order valence-corrected chi connectivity index (χ1v) is 8.33. The first-order valence-electron chi connectivity index (χ1n) is 8.33. The minimum atomic E-state index is 1.07. The smallest absolute Gasteiger partial charge is 0.0524 e. The summed E-state index contributed by atoms with van der Waals surface area (Å²) in [6.07, 6.45) is 8.29. The van der Waals surface area contributed by atoms with Crippen molar-refractivity contribution in [2.24, 2.45) is 0 Å². The van der Waals surface area contributed by atoms with E-state index < -0.39 is 0 Å². The van der Waals surface area contributed by atoms with Crippen molar-refractivity contribution in [1.29, 1.82) is 0 Å². The van der Waals surface area contributed by atoms with E-state index in [-0.39, 0.29) is 0 Å². The third-order valence-electron chi connectivity index (χ3n) is 4.83. The van der Waals surface area contributed by atoms with Crippen LogP contribution in [0, 0.1) is 0 Å². The molecule has 7 rings (SSSR count). The van der Waals surface area contributed by atoms with Crippen LogP contribution >= 0.6 is 0 Å². The van der Waals surface area contributed by atoms with Gasteiger partial charge in [-0.1, -0.05) is 43.0 Å². The zero-order valence-electron chi connectivity index (χ0n) is 13.3. The Bertz CT molecular complexity index is 837. The third kappa shape index (κ3) is 2.75. The van der Waals surface area contributed by atoms with Crippen molar-refractivity contribution in [1.82, 2.24) is 4.57 Å². The van der Waals surface area contributed by atoms with Gasteiger partial charge in [0.15, 0.2) is 0 Å². The summed E-state index contributed by atoms with van der Waals surface area (Å²) in [6.45, 7) is 3.93. The van der Waals surface area contributed by atoms with Gasteiger partial charge >= 0.3 is 0 Å². The molecule has 0 saturated carbocycles. The number of benzene rings is 2. The Morgan fingerprint density at radius 2 is 1.43 bits per heavy atom. The largest absolute Gasteiger partial charge is 0.324 e. The molecule has 4 aliphatic carbocycles. The Morgan fingerprint density at radius 1 is 0.783 bits per heavy atom. The molecule has 0 atom stereocenters. The molecule has 1 heterocycles. The highest BCUT2D eigenvalue weighted by Crippen LogP contribution is 2.28. The maximum absolute atomic E-state index is 3.93. The van der Waals surface area contributed by atoms with E-state index in [0.717, 1.165) is 25.7 Å². The van der Waals surface area contributed by atoms with Gasteiger partial charge < -0.3 is 4.57 Å². The van der Waals surface area contributed by atoms with Gasteiger partial charge in [0.05, 0.1) is 5.69 Å². The summed E-state index contributed by atoms with van der Waals surface area (Å²) in [5.41, 5.74) is 8.26. The fourth-order valence-corrected chi connectivity index (χ4v) is 3.46. The van der Waals surface area contributed by atoms with E-state index in [4.69, 9.17) is 0 Å². The second kappa shape index (κ2) is 5.92. The Hall–Kier alpha value is -2.54. The second-order valence-corrected chi connectivity index (χ2v) is 6.29. The van der Waals surface area contributed by atoms with Crippen LogP contribution in [0.5, 0.6) is 0 Å². The van der Waals surface area contributed by atoms with Gasteiger partial charge in [0.25, 0.3) is 0 Å². The molecule has 4 bridgehead atoms. The van der Waals surface area contributed by atoms with E-state index >= 15 is 0 Å². The Morgan fingerprint density at radius 3 is 2.17 bits per heavy atom. The van der Waals surface area contributed by atoms with Crippen molar-refractivity contribution in [2.45, 2.75) is 25.7 Å². The predicted molar refractivity (Wildman–Crippen MR) is 97.5 cm³/mol.